The largest absolute Gasteiger partial charge is 0.192 e. The predicted octanol–water partition coefficient (Wildman–Crippen LogP) is 2.98. The van der Waals surface area contributed by atoms with E-state index < -0.39 is 0 Å². The number of hydrogen-bond acceptors (Lipinski definition) is 1. The van der Waals surface area contributed by atoms with E-state index in [9.17, 15) is 0 Å². The van der Waals surface area contributed by atoms with Crippen molar-refractivity contribution in [2.24, 2.45) is 0 Å². The van der Waals surface area contributed by atoms with Gasteiger partial charge in [0.25, 0.3) is 0 Å². The topological polar surface area (TPSA) is 23.8 Å². The summed E-state index contributed by atoms with van der Waals surface area (Å²) in [5, 5.41) is 8.77. The van der Waals surface area contributed by atoms with Crippen LogP contribution >= 0.6 is 0 Å². The first kappa shape index (κ1) is 8.55. The van der Waals surface area contributed by atoms with Crippen molar-refractivity contribution in [2.45, 2.75) is 13.3 Å². The van der Waals surface area contributed by atoms with Crippen LogP contribution in [0.4, 0.5) is 0 Å². The minimum atomic E-state index is 0.712. The van der Waals surface area contributed by atoms with Crippen molar-refractivity contribution in [3.63, 3.8) is 0 Å². The van der Waals surface area contributed by atoms with E-state index in [-0.39, 0.29) is 0 Å². The zero-order chi connectivity index (χ0) is 8.97. The van der Waals surface area contributed by atoms with E-state index in [1.54, 1.807) is 0 Å². The van der Waals surface area contributed by atoms with Crippen LogP contribution in [-0.2, 0) is 0 Å². The highest BCUT2D eigenvalue weighted by Crippen LogP contribution is 2.18. The van der Waals surface area contributed by atoms with Crippen molar-refractivity contribution in [1.29, 1.82) is 5.26 Å². The highest BCUT2D eigenvalue weighted by Gasteiger charge is 2.01. The molecule has 0 aliphatic heterocycles. The van der Waals surface area contributed by atoms with Gasteiger partial charge in [-0.1, -0.05) is 31.7 Å². The van der Waals surface area contributed by atoms with Crippen LogP contribution in [0.25, 0.3) is 5.57 Å². The zero-order valence-electron chi connectivity index (χ0n) is 7.17. The Bertz CT molecular complexity index is 331. The van der Waals surface area contributed by atoms with Crippen LogP contribution in [0.5, 0.6) is 0 Å². The molecule has 60 valence electrons. The van der Waals surface area contributed by atoms with Gasteiger partial charge in [-0.3, -0.25) is 0 Å². The second-order valence-corrected chi connectivity index (χ2v) is 2.61. The van der Waals surface area contributed by atoms with Crippen LogP contribution in [0.3, 0.4) is 0 Å². The quantitative estimate of drug-likeness (QED) is 0.647. The SMILES string of the molecule is C=C(CC)c1ccccc1C#N. The predicted molar refractivity (Wildman–Crippen MR) is 50.5 cm³/mol. The van der Waals surface area contributed by atoms with Crippen LogP contribution in [0.1, 0.15) is 24.5 Å². The first-order valence-electron chi connectivity index (χ1n) is 3.97. The van der Waals surface area contributed by atoms with E-state index >= 15 is 0 Å². The molecule has 0 bridgehead atoms. The van der Waals surface area contributed by atoms with Crippen molar-refractivity contribution in [3.05, 3.63) is 42.0 Å². The maximum absolute atomic E-state index is 8.77. The Labute approximate surface area is 73.0 Å². The van der Waals surface area contributed by atoms with E-state index in [0.29, 0.717) is 5.56 Å². The van der Waals surface area contributed by atoms with Crippen LogP contribution < -0.4 is 0 Å². The van der Waals surface area contributed by atoms with Gasteiger partial charge in [0.05, 0.1) is 11.6 Å². The lowest BCUT2D eigenvalue weighted by Crippen LogP contribution is -1.86. The van der Waals surface area contributed by atoms with Gasteiger partial charge >= 0.3 is 0 Å². The van der Waals surface area contributed by atoms with Crippen molar-refractivity contribution < 1.29 is 0 Å². The Balaban J connectivity index is 3.16. The molecule has 0 N–H and O–H groups in total. The lowest BCUT2D eigenvalue weighted by atomic mass is 10.0. The summed E-state index contributed by atoms with van der Waals surface area (Å²) in [5.41, 5.74) is 2.71. The second kappa shape index (κ2) is 3.73. The molecule has 0 radical (unpaired) electrons. The molecular formula is C11H11N. The van der Waals surface area contributed by atoms with Gasteiger partial charge in [-0.2, -0.15) is 5.26 Å². The smallest absolute Gasteiger partial charge is 0.0998 e. The molecule has 0 aromatic heterocycles. The summed E-state index contributed by atoms with van der Waals surface area (Å²) in [7, 11) is 0. The molecule has 1 rings (SSSR count). The first-order valence-corrected chi connectivity index (χ1v) is 3.97. The molecule has 1 heteroatoms. The number of hydrogen-bond donors (Lipinski definition) is 0. The molecule has 0 amide bonds. The highest BCUT2D eigenvalue weighted by atomic mass is 14.2. The van der Waals surface area contributed by atoms with Crippen molar-refractivity contribution >= 4 is 5.57 Å². The molecular weight excluding hydrogens is 146 g/mol. The summed E-state index contributed by atoms with van der Waals surface area (Å²) < 4.78 is 0. The fraction of sp³-hybridized carbons (Fsp3) is 0.182. The Kier molecular flexibility index (Phi) is 2.66. The molecule has 0 saturated heterocycles. The molecule has 1 nitrogen and oxygen atoms in total. The van der Waals surface area contributed by atoms with Gasteiger partial charge in [-0.05, 0) is 23.6 Å². The fourth-order valence-electron chi connectivity index (χ4n) is 1.08. The Hall–Kier alpha value is -1.55. The summed E-state index contributed by atoms with van der Waals surface area (Å²) in [5.74, 6) is 0. The zero-order valence-corrected chi connectivity index (χ0v) is 7.17. The summed E-state index contributed by atoms with van der Waals surface area (Å²) in [6, 6.07) is 9.69. The van der Waals surface area contributed by atoms with E-state index in [2.05, 4.69) is 12.6 Å². The molecule has 0 saturated carbocycles. The van der Waals surface area contributed by atoms with Gasteiger partial charge in [0.15, 0.2) is 0 Å². The van der Waals surface area contributed by atoms with Crippen molar-refractivity contribution in [1.82, 2.24) is 0 Å². The first-order chi connectivity index (χ1) is 5.79. The molecule has 1 aromatic rings. The summed E-state index contributed by atoms with van der Waals surface area (Å²) >= 11 is 0. The van der Waals surface area contributed by atoms with Crippen molar-refractivity contribution in [3.8, 4) is 6.07 Å². The number of rotatable bonds is 2. The van der Waals surface area contributed by atoms with Crippen LogP contribution in [-0.4, -0.2) is 0 Å². The minimum Gasteiger partial charge on any atom is -0.192 e. The third kappa shape index (κ3) is 1.54. The second-order valence-electron chi connectivity index (χ2n) is 2.61. The number of allylic oxidation sites excluding steroid dienone is 1. The molecule has 0 heterocycles. The maximum atomic E-state index is 8.77. The van der Waals surface area contributed by atoms with E-state index in [1.807, 2.05) is 31.2 Å². The minimum absolute atomic E-state index is 0.712. The average molecular weight is 157 g/mol. The summed E-state index contributed by atoms with van der Waals surface area (Å²) in [6.07, 6.45) is 0.888. The van der Waals surface area contributed by atoms with Gasteiger partial charge in [0, 0.05) is 0 Å². The highest BCUT2D eigenvalue weighted by molar-refractivity contribution is 5.68. The Morgan fingerprint density at radius 3 is 2.75 bits per heavy atom. The normalized spacial score (nSPS) is 9.00. The number of nitriles is 1. The molecule has 1 aromatic carbocycles. The Morgan fingerprint density at radius 1 is 1.50 bits per heavy atom. The fourth-order valence-corrected chi connectivity index (χ4v) is 1.08. The van der Waals surface area contributed by atoms with Gasteiger partial charge in [0.1, 0.15) is 0 Å². The van der Waals surface area contributed by atoms with E-state index in [1.165, 1.54) is 0 Å². The van der Waals surface area contributed by atoms with E-state index in [0.717, 1.165) is 17.6 Å². The number of nitrogens with zero attached hydrogens (tertiary/aromatic N) is 1. The lowest BCUT2D eigenvalue weighted by Gasteiger charge is -2.03. The summed E-state index contributed by atoms with van der Waals surface area (Å²) in [6.45, 7) is 5.94. The molecule has 0 aliphatic carbocycles. The average Bonchev–Trinajstić information content (AvgIpc) is 2.16. The molecule has 0 aliphatic rings. The number of benzene rings is 1. The lowest BCUT2D eigenvalue weighted by molar-refractivity contribution is 1.24. The van der Waals surface area contributed by atoms with Gasteiger partial charge in [-0.15, -0.1) is 0 Å². The third-order valence-corrected chi connectivity index (χ3v) is 1.86. The van der Waals surface area contributed by atoms with E-state index in [4.69, 9.17) is 5.26 Å². The van der Waals surface area contributed by atoms with Gasteiger partial charge in [-0.25, -0.2) is 0 Å². The van der Waals surface area contributed by atoms with Crippen LogP contribution in [0.2, 0.25) is 0 Å². The van der Waals surface area contributed by atoms with Crippen molar-refractivity contribution in [2.75, 3.05) is 0 Å². The van der Waals surface area contributed by atoms with Crippen LogP contribution in [0, 0.1) is 11.3 Å². The van der Waals surface area contributed by atoms with Crippen LogP contribution in [0.15, 0.2) is 30.8 Å². The molecule has 0 fully saturated rings. The monoisotopic (exact) mass is 157 g/mol. The molecule has 0 spiro atoms. The molecule has 0 atom stereocenters. The van der Waals surface area contributed by atoms with Gasteiger partial charge < -0.3 is 0 Å². The van der Waals surface area contributed by atoms with Gasteiger partial charge in [0.2, 0.25) is 0 Å². The standard InChI is InChI=1S/C11H11N/c1-3-9(2)11-7-5-4-6-10(11)8-12/h4-7H,2-3H2,1H3. The Morgan fingerprint density at radius 2 is 2.17 bits per heavy atom. The molecule has 12 heavy (non-hydrogen) atoms. The maximum Gasteiger partial charge on any atom is 0.0998 e. The summed E-state index contributed by atoms with van der Waals surface area (Å²) in [4.78, 5) is 0. The molecule has 0 unspecified atom stereocenters. The third-order valence-electron chi connectivity index (χ3n) is 1.86.